The molecule has 24 aromatic rings. The number of rotatable bonds is 18. The van der Waals surface area contributed by atoms with E-state index in [1.807, 2.05) is 71.3 Å². The van der Waals surface area contributed by atoms with E-state index >= 15 is 0 Å². The second-order valence-corrected chi connectivity index (χ2v) is 28.1. The van der Waals surface area contributed by atoms with Crippen molar-refractivity contribution in [3.63, 3.8) is 0 Å². The zero-order valence-electron chi connectivity index (χ0n) is 141. The van der Waals surface area contributed by atoms with E-state index in [0.29, 0.717) is 20.4 Å². The molecule has 2 heterocycles. The van der Waals surface area contributed by atoms with E-state index in [9.17, 15) is 50.7 Å². The molecule has 0 fully saturated rings. The van der Waals surface area contributed by atoms with Crippen LogP contribution < -0.4 is 9.80 Å². The van der Waals surface area contributed by atoms with Crippen LogP contribution in [0.3, 0.4) is 0 Å². The lowest BCUT2D eigenvalue weighted by molar-refractivity contribution is 1.19. The quantitative estimate of drug-likeness (QED) is 0.0851. The van der Waals surface area contributed by atoms with Crippen LogP contribution in [0.1, 0.15) is 101 Å². The van der Waals surface area contributed by atoms with Crippen molar-refractivity contribution in [3.05, 3.63) is 532 Å². The number of hydrogen-bond donors (Lipinski definition) is 0. The van der Waals surface area contributed by atoms with Crippen molar-refractivity contribution in [2.45, 2.75) is 0 Å². The van der Waals surface area contributed by atoms with E-state index < -0.39 is 620 Å². The maximum Gasteiger partial charge on any atom is 0.0651 e. The molecule has 4 heteroatoms. The molecule has 0 amide bonds. The van der Waals surface area contributed by atoms with Crippen LogP contribution in [-0.2, 0) is 0 Å². The Balaban J connectivity index is 0.000000212. The standard InChI is InChI=1S/2C64H44N2/c2*1-3-13-45(14-4-1)47-23-25-48(26-24-47)49-27-35-55(36-28-49)65(57-39-32-52(33-40-57)60-20-10-9-19-59(60)51-16-5-2-6-17-51)56-37-29-50(30-38-56)54-34-42-64-62(44-54)61-21-11-12-22-63(61)66(64)58-41-31-46-15-7-8-18-53(46)43-58/h2*1-44H/i1D,2D,3D,4D,5D,6D,7D,8D,9D,10D,11D,12D,13D,14D,15D,16D,17D,18D,19D,20D,21D,22D,23D,24D,25D,26D,27D,28D,29D,30D,31D,32D,33D,34D,35D,36D,37D,38D,39D,40D,41D,42D,43D,44D;1D,2D,3D,4D,5D,6D,9D,10D,13D,14D,16D,17D,19D,20D,23D,24D,25D,26D,27D,28D,29D,30D,32D,33D,35D,36D,37D,38D,39D,40D. The van der Waals surface area contributed by atoms with E-state index in [0.717, 1.165) is 27.4 Å². The summed E-state index contributed by atoms with van der Waals surface area (Å²) in [6.45, 7) is 0. The fraction of sp³-hybridized carbons (Fsp3) is 0. The predicted octanol–water partition coefficient (Wildman–Crippen LogP) is 35.5. The lowest BCUT2D eigenvalue weighted by Gasteiger charge is -2.26. The summed E-state index contributed by atoms with van der Waals surface area (Å²) in [6.07, 6.45) is 0. The summed E-state index contributed by atoms with van der Waals surface area (Å²) in [5.41, 5.74) is -25.2. The molecule has 0 radical (unpaired) electrons. The lowest BCUT2D eigenvalue weighted by Crippen LogP contribution is -2.09. The second kappa shape index (κ2) is 35.1. The van der Waals surface area contributed by atoms with Gasteiger partial charge in [-0.25, -0.2) is 0 Å². The maximum atomic E-state index is 9.95. The number of anilines is 6. The van der Waals surface area contributed by atoms with Gasteiger partial charge in [-0.2, -0.15) is 0 Å². The Labute approximate surface area is 873 Å². The number of nitrogens with zero attached hydrogens (tertiary/aromatic N) is 4. The molecule has 0 unspecified atom stereocenters. The molecule has 0 aliphatic rings. The van der Waals surface area contributed by atoms with Crippen molar-refractivity contribution in [1.82, 2.24) is 9.13 Å². The number of hydrogen-bond acceptors (Lipinski definition) is 2. The first-order valence-corrected chi connectivity index (χ1v) is 39.3. The monoisotopic (exact) mass is 1760 g/mol. The Kier molecular flexibility index (Phi) is 8.85. The Morgan fingerprint density at radius 1 is 0.159 bits per heavy atom. The SMILES string of the molecule is [2H]c1c([2H])c([2H])c(-c2c([2H])c([2H])c(-c3c([2H])c([2H])c(N(c4c([2H])c([2H])c(-c5c([2H])c([2H])c([2H])c([2H])c5-c5c([2H])c([2H])c([2H])c([2H])c5[2H])c([2H])c4[2H])c4c([2H])c([2H])c(-c5c([2H])c([2H])c6c(c5[2H])c5c([2H])c([2H])c([2H])c([2H])c5n6-c5c([2H])c([2H])c6c([2H])c([2H])c([2H])c([2H])c6c5[2H])c([2H])c4[2H])c([2H])c3[2H])c([2H])c2[2H])c([2H])c1[2H].[2H]c1c([2H])c([2H])c(-c2c([2H])c([2H])c(-c3c([2H])c([2H])c(N(c4c([2H])c([2H])c(-c5ccc6c(c5)c5ccccc5n6-c5ccc6ccccc6c5)c([2H])c4[2H])c4c([2H])c([2H])c(-c5c([2H])c([2H])c([2H])c([2H])c5-c5c([2H])c([2H])c([2H])c([2H])c5[2H])c([2H])c4[2H])c([2H])c3[2H])c([2H])c2[2H])c([2H])c1[2H]. The Morgan fingerprint density at radius 3 is 0.970 bits per heavy atom. The highest BCUT2D eigenvalue weighted by Crippen LogP contribution is 2.46. The largest absolute Gasteiger partial charge is 0.311 e. The average molecular weight is 1760 g/mol. The molecule has 22 aromatic carbocycles. The van der Waals surface area contributed by atoms with Crippen molar-refractivity contribution in [2.75, 3.05) is 9.80 Å². The molecule has 0 aliphatic heterocycles. The normalized spacial score (nSPS) is 19.2. The van der Waals surface area contributed by atoms with Gasteiger partial charge in [-0.1, -0.05) is 399 Å². The second-order valence-electron chi connectivity index (χ2n) is 28.1. The minimum absolute atomic E-state index is 0.126. The van der Waals surface area contributed by atoms with Gasteiger partial charge in [0.15, 0.2) is 0 Å². The zero-order valence-corrected chi connectivity index (χ0v) is 66.9. The first kappa shape index (κ1) is 33.3. The Morgan fingerprint density at radius 2 is 0.492 bits per heavy atom. The Hall–Kier alpha value is -17.4. The molecule has 0 spiro atoms. The third kappa shape index (κ3) is 15.5. The van der Waals surface area contributed by atoms with Gasteiger partial charge in [-0.3, -0.25) is 0 Å². The van der Waals surface area contributed by atoms with Crippen LogP contribution in [0, 0.1) is 0 Å². The van der Waals surface area contributed by atoms with Crippen molar-refractivity contribution >= 4 is 99.3 Å². The van der Waals surface area contributed by atoms with Crippen LogP contribution in [0.4, 0.5) is 34.1 Å². The van der Waals surface area contributed by atoms with Gasteiger partial charge in [0.05, 0.1) is 124 Å². The first-order valence-electron chi connectivity index (χ1n) is 76.3. The minimum atomic E-state index is -1.51. The molecule has 0 atom stereocenters. The highest BCUT2D eigenvalue weighted by atomic mass is 15.1. The van der Waals surface area contributed by atoms with Gasteiger partial charge in [-0.05, 0) is 266 Å². The molecule has 0 bridgehead atoms. The summed E-state index contributed by atoms with van der Waals surface area (Å²) in [5, 5.41) is 0.393. The van der Waals surface area contributed by atoms with Crippen molar-refractivity contribution < 1.29 is 101 Å². The van der Waals surface area contributed by atoms with E-state index in [1.165, 1.54) is 0 Å². The number of aromatic nitrogens is 2. The molecule has 2 aromatic heterocycles. The molecule has 620 valence electrons. The molecule has 0 N–H and O–H groups in total. The third-order valence-electron chi connectivity index (χ3n) is 20.5. The fourth-order valence-corrected chi connectivity index (χ4v) is 14.4. The molecular formula is C128H88N4. The van der Waals surface area contributed by atoms with Crippen molar-refractivity contribution in [1.29, 1.82) is 0 Å². The van der Waals surface area contributed by atoms with E-state index in [-0.39, 0.29) is 16.0 Å². The van der Waals surface area contributed by atoms with E-state index in [4.69, 9.17) is 50.7 Å². The summed E-state index contributed by atoms with van der Waals surface area (Å²) in [7, 11) is 0. The maximum absolute atomic E-state index is 9.95. The molecule has 24 rings (SSSR count). The van der Waals surface area contributed by atoms with Crippen LogP contribution in [0.2, 0.25) is 0 Å². The van der Waals surface area contributed by atoms with Crippen LogP contribution >= 0.6 is 0 Å². The van der Waals surface area contributed by atoms with Gasteiger partial charge in [0.25, 0.3) is 0 Å². The Bertz CT molecular complexity index is 12900. The van der Waals surface area contributed by atoms with Gasteiger partial charge in [0.2, 0.25) is 0 Å². The third-order valence-corrected chi connectivity index (χ3v) is 20.5. The summed E-state index contributed by atoms with van der Waals surface area (Å²) in [5.74, 6) is 0. The lowest BCUT2D eigenvalue weighted by atomic mass is 9.94. The predicted molar refractivity (Wildman–Crippen MR) is 560 cm³/mol. The molecule has 0 saturated heterocycles. The average Bonchev–Trinajstić information content (AvgIpc) is 1.51. The van der Waals surface area contributed by atoms with Crippen LogP contribution in [0.15, 0.2) is 532 Å². The number of fused-ring (bicyclic) bond motifs is 8. The van der Waals surface area contributed by atoms with Crippen molar-refractivity contribution in [2.24, 2.45) is 0 Å². The van der Waals surface area contributed by atoms with Gasteiger partial charge in [0.1, 0.15) is 0 Å². The van der Waals surface area contributed by atoms with Crippen LogP contribution in [-0.4, -0.2) is 9.13 Å². The fourth-order valence-electron chi connectivity index (χ4n) is 14.4. The molecule has 0 saturated carbocycles. The summed E-state index contributed by atoms with van der Waals surface area (Å²) >= 11 is 0. The van der Waals surface area contributed by atoms with Gasteiger partial charge >= 0.3 is 0 Å². The summed E-state index contributed by atoms with van der Waals surface area (Å²) in [6, 6.07) is -56.7. The highest BCUT2D eigenvalue weighted by Gasteiger charge is 2.22. The van der Waals surface area contributed by atoms with Gasteiger partial charge in [0, 0.05) is 67.0 Å². The molecular weight excluding hydrogens is 1590 g/mol. The minimum Gasteiger partial charge on any atom is -0.311 e. The van der Waals surface area contributed by atoms with E-state index in [1.54, 1.807) is 18.2 Å². The number of benzene rings is 22. The van der Waals surface area contributed by atoms with Gasteiger partial charge < -0.3 is 18.9 Å². The molecule has 132 heavy (non-hydrogen) atoms. The topological polar surface area (TPSA) is 16.3 Å². The van der Waals surface area contributed by atoms with E-state index in [2.05, 4.69) is 0 Å². The van der Waals surface area contributed by atoms with Crippen LogP contribution in [0.5, 0.6) is 0 Å². The highest BCUT2D eigenvalue weighted by molar-refractivity contribution is 6.12. The van der Waals surface area contributed by atoms with Crippen LogP contribution in [0.25, 0.3) is 188 Å². The first-order chi connectivity index (χ1) is 96.3. The van der Waals surface area contributed by atoms with Crippen molar-refractivity contribution in [3.8, 4) is 123 Å². The number of para-hydroxylation sites is 2. The zero-order chi connectivity index (χ0) is 152. The summed E-state index contributed by atoms with van der Waals surface area (Å²) in [4.78, 5) is 0.522. The molecule has 4 nitrogen and oxygen atoms in total. The summed E-state index contributed by atoms with van der Waals surface area (Å²) < 4.78 is 677. The van der Waals surface area contributed by atoms with Gasteiger partial charge in [-0.15, -0.1) is 0 Å². The smallest absolute Gasteiger partial charge is 0.0651 e. The molecule has 0 aliphatic carbocycles.